The monoisotopic (exact) mass is 313 g/mol. The molecule has 104 valence electrons. The van der Waals surface area contributed by atoms with Crippen LogP contribution in [0.25, 0.3) is 0 Å². The molecule has 0 fully saturated rings. The van der Waals surface area contributed by atoms with Crippen LogP contribution in [-0.4, -0.2) is 11.5 Å². The molecule has 1 aliphatic rings. The Kier molecular flexibility index (Phi) is 3.31. The molecule has 0 spiro atoms. The molecule has 0 amide bonds. The van der Waals surface area contributed by atoms with Gasteiger partial charge in [0.2, 0.25) is 0 Å². The van der Waals surface area contributed by atoms with Crippen LogP contribution in [0.5, 0.6) is 5.75 Å². The summed E-state index contributed by atoms with van der Waals surface area (Å²) in [7, 11) is 0. The van der Waals surface area contributed by atoms with Crippen molar-refractivity contribution in [2.24, 2.45) is 0 Å². The first-order valence-electron chi connectivity index (χ1n) is 5.89. The van der Waals surface area contributed by atoms with Gasteiger partial charge in [0, 0.05) is 17.0 Å². The number of furan rings is 1. The van der Waals surface area contributed by atoms with Crippen LogP contribution in [0.4, 0.5) is 5.88 Å². The Labute approximate surface area is 124 Å². The van der Waals surface area contributed by atoms with E-state index in [1.807, 2.05) is 6.07 Å². The Bertz CT molecular complexity index is 683. The van der Waals surface area contributed by atoms with E-state index in [9.17, 15) is 10.1 Å². The highest BCUT2D eigenvalue weighted by Gasteiger charge is 2.26. The highest BCUT2D eigenvalue weighted by molar-refractivity contribution is 6.31. The maximum atomic E-state index is 10.6. The first-order chi connectivity index (χ1) is 9.56. The minimum Gasteiger partial charge on any atom is -0.493 e. The number of hydrogen-bond acceptors (Lipinski definition) is 4. The molecule has 0 N–H and O–H groups in total. The summed E-state index contributed by atoms with van der Waals surface area (Å²) in [6, 6.07) is 6.29. The van der Waals surface area contributed by atoms with Crippen LogP contribution in [0.1, 0.15) is 22.3 Å². The lowest BCUT2D eigenvalue weighted by Gasteiger charge is -2.12. The van der Waals surface area contributed by atoms with Crippen molar-refractivity contribution in [1.82, 2.24) is 0 Å². The molecule has 20 heavy (non-hydrogen) atoms. The zero-order chi connectivity index (χ0) is 14.3. The van der Waals surface area contributed by atoms with Crippen molar-refractivity contribution < 1.29 is 14.1 Å². The molecule has 2 heterocycles. The summed E-state index contributed by atoms with van der Waals surface area (Å²) in [6.07, 6.45) is 0.769. The van der Waals surface area contributed by atoms with E-state index >= 15 is 0 Å². The number of fused-ring (bicyclic) bond motifs is 1. The fourth-order valence-corrected chi connectivity index (χ4v) is 2.74. The number of halogens is 2. The van der Waals surface area contributed by atoms with Gasteiger partial charge in [-0.3, -0.25) is 10.1 Å². The molecule has 1 unspecified atom stereocenters. The molecule has 0 saturated heterocycles. The van der Waals surface area contributed by atoms with Gasteiger partial charge in [-0.05, 0) is 23.8 Å². The fourth-order valence-electron chi connectivity index (χ4n) is 2.22. The summed E-state index contributed by atoms with van der Waals surface area (Å²) in [4.78, 5) is 10.0. The Balaban J connectivity index is 2.02. The second-order valence-electron chi connectivity index (χ2n) is 4.38. The summed E-state index contributed by atoms with van der Waals surface area (Å²) in [5.74, 6) is 0.636. The Morgan fingerprint density at radius 2 is 2.15 bits per heavy atom. The third kappa shape index (κ3) is 2.23. The summed E-state index contributed by atoms with van der Waals surface area (Å²) >= 11 is 12.4. The van der Waals surface area contributed by atoms with Crippen molar-refractivity contribution in [3.8, 4) is 5.75 Å². The highest BCUT2D eigenvalue weighted by atomic mass is 35.5. The number of hydrogen-bond donors (Lipinski definition) is 0. The van der Waals surface area contributed by atoms with Crippen LogP contribution < -0.4 is 4.74 Å². The molecule has 0 radical (unpaired) electrons. The van der Waals surface area contributed by atoms with Gasteiger partial charge < -0.3 is 9.15 Å². The summed E-state index contributed by atoms with van der Waals surface area (Å²) < 4.78 is 10.7. The van der Waals surface area contributed by atoms with E-state index < -0.39 is 10.3 Å². The summed E-state index contributed by atoms with van der Waals surface area (Å²) in [5.41, 5.74) is 1.65. The van der Waals surface area contributed by atoms with Crippen LogP contribution in [0.2, 0.25) is 5.02 Å². The van der Waals surface area contributed by atoms with E-state index in [1.54, 1.807) is 6.07 Å². The van der Waals surface area contributed by atoms with Crippen LogP contribution in [0.3, 0.4) is 0 Å². The van der Waals surface area contributed by atoms with E-state index in [0.717, 1.165) is 12.0 Å². The molecular weight excluding hydrogens is 305 g/mol. The molecule has 1 aliphatic heterocycles. The molecule has 3 rings (SSSR count). The van der Waals surface area contributed by atoms with E-state index in [1.165, 1.54) is 12.1 Å². The minimum absolute atomic E-state index is 0.290. The maximum absolute atomic E-state index is 10.6. The van der Waals surface area contributed by atoms with Gasteiger partial charge in [0.05, 0.1) is 12.7 Å². The van der Waals surface area contributed by atoms with Gasteiger partial charge in [-0.15, -0.1) is 11.6 Å². The fraction of sp³-hybridized carbons (Fsp3) is 0.231. The number of nitrogens with zero attached hydrogens (tertiary/aromatic N) is 1. The molecule has 0 bridgehead atoms. The lowest BCUT2D eigenvalue weighted by atomic mass is 10.0. The van der Waals surface area contributed by atoms with E-state index in [2.05, 4.69) is 0 Å². The molecule has 1 atom stereocenters. The van der Waals surface area contributed by atoms with Crippen LogP contribution in [-0.2, 0) is 6.42 Å². The predicted octanol–water partition coefficient (Wildman–Crippen LogP) is 4.10. The van der Waals surface area contributed by atoms with E-state index in [-0.39, 0.29) is 5.88 Å². The van der Waals surface area contributed by atoms with Gasteiger partial charge in [-0.1, -0.05) is 11.6 Å². The molecule has 1 aromatic heterocycles. The Morgan fingerprint density at radius 3 is 2.85 bits per heavy atom. The second-order valence-corrected chi connectivity index (χ2v) is 5.25. The van der Waals surface area contributed by atoms with Crippen molar-refractivity contribution in [2.45, 2.75) is 11.8 Å². The van der Waals surface area contributed by atoms with Crippen molar-refractivity contribution in [2.75, 3.05) is 6.61 Å². The number of alkyl halides is 1. The summed E-state index contributed by atoms with van der Waals surface area (Å²) in [6.45, 7) is 0.574. The number of rotatable bonds is 3. The molecule has 0 saturated carbocycles. The smallest absolute Gasteiger partial charge is 0.433 e. The quantitative estimate of drug-likeness (QED) is 0.486. The molecule has 0 aliphatic carbocycles. The van der Waals surface area contributed by atoms with Gasteiger partial charge in [0.1, 0.15) is 21.8 Å². The van der Waals surface area contributed by atoms with Gasteiger partial charge >= 0.3 is 5.88 Å². The van der Waals surface area contributed by atoms with Crippen molar-refractivity contribution in [3.05, 3.63) is 56.3 Å². The first-order valence-corrected chi connectivity index (χ1v) is 6.71. The van der Waals surface area contributed by atoms with Crippen LogP contribution >= 0.6 is 23.2 Å². The van der Waals surface area contributed by atoms with Crippen molar-refractivity contribution >= 4 is 29.1 Å². The third-order valence-electron chi connectivity index (χ3n) is 3.09. The van der Waals surface area contributed by atoms with Crippen molar-refractivity contribution in [3.63, 3.8) is 0 Å². The third-order valence-corrected chi connectivity index (χ3v) is 3.76. The standard InChI is InChI=1S/C13H9Cl2NO4/c14-8-5-7-3-4-19-13(7)9(6-8)12(15)10-1-2-11(20-10)16(17)18/h1-2,5-6,12H,3-4H2. The van der Waals surface area contributed by atoms with Crippen molar-refractivity contribution in [1.29, 1.82) is 0 Å². The lowest BCUT2D eigenvalue weighted by Crippen LogP contribution is -1.96. The van der Waals surface area contributed by atoms with Crippen LogP contribution in [0.15, 0.2) is 28.7 Å². The summed E-state index contributed by atoms with van der Waals surface area (Å²) in [5, 5.41) is 10.5. The minimum atomic E-state index is -0.686. The number of ether oxygens (including phenoxy) is 1. The SMILES string of the molecule is O=[N+]([O-])c1ccc(C(Cl)c2cc(Cl)cc3c2OCC3)o1. The zero-order valence-electron chi connectivity index (χ0n) is 10.1. The largest absolute Gasteiger partial charge is 0.493 e. The average molecular weight is 314 g/mol. The Hall–Kier alpha value is -1.72. The molecule has 7 heteroatoms. The van der Waals surface area contributed by atoms with Gasteiger partial charge in [-0.25, -0.2) is 0 Å². The van der Waals surface area contributed by atoms with Crippen LogP contribution in [0, 0.1) is 10.1 Å². The molecular formula is C13H9Cl2NO4. The number of nitro groups is 1. The first kappa shape index (κ1) is 13.3. The average Bonchev–Trinajstić information content (AvgIpc) is 3.05. The second kappa shape index (κ2) is 5.00. The highest BCUT2D eigenvalue weighted by Crippen LogP contribution is 2.42. The van der Waals surface area contributed by atoms with Gasteiger partial charge in [-0.2, -0.15) is 0 Å². The van der Waals surface area contributed by atoms with E-state index in [4.69, 9.17) is 32.4 Å². The zero-order valence-corrected chi connectivity index (χ0v) is 11.6. The van der Waals surface area contributed by atoms with E-state index in [0.29, 0.717) is 28.7 Å². The predicted molar refractivity (Wildman–Crippen MR) is 73.7 cm³/mol. The lowest BCUT2D eigenvalue weighted by molar-refractivity contribution is -0.402. The van der Waals surface area contributed by atoms with Gasteiger partial charge in [0.25, 0.3) is 0 Å². The number of benzene rings is 1. The molecule has 5 nitrogen and oxygen atoms in total. The topological polar surface area (TPSA) is 65.5 Å². The Morgan fingerprint density at radius 1 is 1.35 bits per heavy atom. The van der Waals surface area contributed by atoms with Gasteiger partial charge in [0.15, 0.2) is 0 Å². The molecule has 2 aromatic rings. The molecule has 1 aromatic carbocycles. The normalized spacial score (nSPS) is 14.7. The maximum Gasteiger partial charge on any atom is 0.433 e.